The topological polar surface area (TPSA) is 66.4 Å². The predicted octanol–water partition coefficient (Wildman–Crippen LogP) is 2.92. The molecule has 2 aliphatic rings. The normalized spacial score (nSPS) is 22.8. The van der Waals surface area contributed by atoms with Gasteiger partial charge >= 0.3 is 5.97 Å². The van der Waals surface area contributed by atoms with Gasteiger partial charge in [-0.15, -0.1) is 11.8 Å². The standard InChI is InChI=1S/C17H21NO3S/c19-14(20)11-17(8-3-4-9-17)18-16(21)15-13-6-2-1-5-12(13)7-10-22-15/h1-2,5-6,15H,3-4,7-11H2,(H,18,21)(H,19,20). The minimum absolute atomic E-state index is 0.0256. The fraction of sp³-hybridized carbons (Fsp3) is 0.529. The second-order valence-electron chi connectivity index (χ2n) is 6.25. The molecule has 118 valence electrons. The van der Waals surface area contributed by atoms with Crippen LogP contribution in [0.2, 0.25) is 0 Å². The van der Waals surface area contributed by atoms with Gasteiger partial charge in [-0.25, -0.2) is 0 Å². The minimum Gasteiger partial charge on any atom is -0.481 e. The van der Waals surface area contributed by atoms with Gasteiger partial charge in [-0.3, -0.25) is 9.59 Å². The van der Waals surface area contributed by atoms with E-state index in [1.165, 1.54) is 5.56 Å². The van der Waals surface area contributed by atoms with Crippen molar-refractivity contribution in [2.45, 2.75) is 49.3 Å². The number of aliphatic carboxylic acids is 1. The lowest BCUT2D eigenvalue weighted by Gasteiger charge is -2.32. The van der Waals surface area contributed by atoms with E-state index in [1.807, 2.05) is 18.2 Å². The first kappa shape index (κ1) is 15.4. The molecule has 0 spiro atoms. The molecule has 1 aromatic rings. The Hall–Kier alpha value is -1.49. The highest BCUT2D eigenvalue weighted by atomic mass is 32.2. The molecule has 0 bridgehead atoms. The van der Waals surface area contributed by atoms with E-state index in [4.69, 9.17) is 5.11 Å². The van der Waals surface area contributed by atoms with Crippen molar-refractivity contribution in [3.05, 3.63) is 35.4 Å². The molecule has 1 aliphatic carbocycles. The smallest absolute Gasteiger partial charge is 0.305 e. The highest BCUT2D eigenvalue weighted by molar-refractivity contribution is 8.00. The van der Waals surface area contributed by atoms with Crippen LogP contribution in [0.1, 0.15) is 48.5 Å². The van der Waals surface area contributed by atoms with Crippen molar-refractivity contribution in [3.8, 4) is 0 Å². The summed E-state index contributed by atoms with van der Waals surface area (Å²) >= 11 is 1.66. The lowest BCUT2D eigenvalue weighted by atomic mass is 9.92. The Labute approximate surface area is 134 Å². The molecule has 1 atom stereocenters. The van der Waals surface area contributed by atoms with E-state index >= 15 is 0 Å². The van der Waals surface area contributed by atoms with E-state index in [0.717, 1.165) is 43.4 Å². The largest absolute Gasteiger partial charge is 0.481 e. The Morgan fingerprint density at radius 1 is 1.27 bits per heavy atom. The van der Waals surface area contributed by atoms with Crippen LogP contribution in [0.15, 0.2) is 24.3 Å². The number of rotatable bonds is 4. The number of aryl methyl sites for hydroxylation is 1. The maximum Gasteiger partial charge on any atom is 0.305 e. The zero-order valence-electron chi connectivity index (χ0n) is 12.5. The Balaban J connectivity index is 1.78. The Bertz CT molecular complexity index is 581. The highest BCUT2D eigenvalue weighted by Crippen LogP contribution is 2.39. The molecule has 1 saturated carbocycles. The second kappa shape index (κ2) is 6.32. The number of thioether (sulfide) groups is 1. The number of nitrogens with one attached hydrogen (secondary N) is 1. The van der Waals surface area contributed by atoms with Crippen molar-refractivity contribution in [3.63, 3.8) is 0 Å². The molecule has 1 aliphatic heterocycles. The fourth-order valence-electron chi connectivity index (χ4n) is 3.63. The van der Waals surface area contributed by atoms with Gasteiger partial charge in [-0.2, -0.15) is 0 Å². The van der Waals surface area contributed by atoms with E-state index in [0.29, 0.717) is 0 Å². The zero-order valence-corrected chi connectivity index (χ0v) is 13.3. The number of carboxylic acid groups (broad SMARTS) is 1. The van der Waals surface area contributed by atoms with Gasteiger partial charge in [0.05, 0.1) is 12.0 Å². The Kier molecular flexibility index (Phi) is 4.43. The first-order chi connectivity index (χ1) is 10.6. The quantitative estimate of drug-likeness (QED) is 0.895. The van der Waals surface area contributed by atoms with E-state index in [9.17, 15) is 9.59 Å². The lowest BCUT2D eigenvalue weighted by molar-refractivity contribution is -0.139. The first-order valence-corrected chi connectivity index (χ1v) is 8.88. The number of hydrogen-bond donors (Lipinski definition) is 2. The summed E-state index contributed by atoms with van der Waals surface area (Å²) in [5, 5.41) is 12.0. The molecule has 2 N–H and O–H groups in total. The van der Waals surface area contributed by atoms with Crippen LogP contribution in [0, 0.1) is 0 Å². The van der Waals surface area contributed by atoms with Gasteiger partial charge in [0, 0.05) is 0 Å². The van der Waals surface area contributed by atoms with Crippen molar-refractivity contribution in [2.75, 3.05) is 5.75 Å². The van der Waals surface area contributed by atoms with Gasteiger partial charge in [0.15, 0.2) is 0 Å². The summed E-state index contributed by atoms with van der Waals surface area (Å²) in [5.41, 5.74) is 1.77. The molecule has 1 unspecified atom stereocenters. The first-order valence-electron chi connectivity index (χ1n) is 7.83. The molecule has 4 nitrogen and oxygen atoms in total. The van der Waals surface area contributed by atoms with Crippen molar-refractivity contribution in [1.29, 1.82) is 0 Å². The van der Waals surface area contributed by atoms with Gasteiger partial charge in [-0.05, 0) is 36.1 Å². The average molecular weight is 319 g/mol. The molecule has 0 saturated heterocycles. The summed E-state index contributed by atoms with van der Waals surface area (Å²) in [6, 6.07) is 8.07. The van der Waals surface area contributed by atoms with E-state index < -0.39 is 11.5 Å². The summed E-state index contributed by atoms with van der Waals surface area (Å²) < 4.78 is 0. The van der Waals surface area contributed by atoms with Crippen LogP contribution >= 0.6 is 11.8 Å². The van der Waals surface area contributed by atoms with Crippen LogP contribution in [0.25, 0.3) is 0 Å². The zero-order chi connectivity index (χ0) is 15.6. The number of carbonyl (C=O) groups is 2. The van der Waals surface area contributed by atoms with E-state index in [-0.39, 0.29) is 17.6 Å². The number of benzene rings is 1. The minimum atomic E-state index is -0.834. The lowest BCUT2D eigenvalue weighted by Crippen LogP contribution is -2.49. The van der Waals surface area contributed by atoms with Crippen molar-refractivity contribution >= 4 is 23.6 Å². The third-order valence-corrected chi connectivity index (χ3v) is 5.91. The van der Waals surface area contributed by atoms with Gasteiger partial charge in [0.2, 0.25) is 5.91 Å². The summed E-state index contributed by atoms with van der Waals surface area (Å²) in [7, 11) is 0. The molecule has 0 radical (unpaired) electrons. The molecule has 1 aromatic carbocycles. The van der Waals surface area contributed by atoms with Gasteiger partial charge in [0.25, 0.3) is 0 Å². The summed E-state index contributed by atoms with van der Waals surface area (Å²) in [5.74, 6) is 0.0697. The van der Waals surface area contributed by atoms with Gasteiger partial charge < -0.3 is 10.4 Å². The maximum atomic E-state index is 12.8. The number of carbonyl (C=O) groups excluding carboxylic acids is 1. The Morgan fingerprint density at radius 2 is 2.00 bits per heavy atom. The predicted molar refractivity (Wildman–Crippen MR) is 86.9 cm³/mol. The molecule has 0 aromatic heterocycles. The number of fused-ring (bicyclic) bond motifs is 1. The van der Waals surface area contributed by atoms with Crippen molar-refractivity contribution in [1.82, 2.24) is 5.32 Å². The third-order valence-electron chi connectivity index (χ3n) is 4.67. The van der Waals surface area contributed by atoms with Crippen molar-refractivity contribution in [2.24, 2.45) is 0 Å². The maximum absolute atomic E-state index is 12.8. The molecule has 1 heterocycles. The second-order valence-corrected chi connectivity index (χ2v) is 7.46. The number of amides is 1. The van der Waals surface area contributed by atoms with E-state index in [2.05, 4.69) is 11.4 Å². The molecule has 5 heteroatoms. The molecule has 1 amide bonds. The van der Waals surface area contributed by atoms with Gasteiger partial charge in [0.1, 0.15) is 5.25 Å². The molecule has 1 fully saturated rings. The molecule has 3 rings (SSSR count). The molecule has 22 heavy (non-hydrogen) atoms. The van der Waals surface area contributed by atoms with Crippen LogP contribution in [-0.4, -0.2) is 28.3 Å². The fourth-order valence-corrected chi connectivity index (χ4v) is 4.82. The van der Waals surface area contributed by atoms with Crippen LogP contribution in [-0.2, 0) is 16.0 Å². The molecular formula is C17H21NO3S. The summed E-state index contributed by atoms with van der Waals surface area (Å²) in [4.78, 5) is 23.9. The van der Waals surface area contributed by atoms with E-state index in [1.54, 1.807) is 11.8 Å². The summed E-state index contributed by atoms with van der Waals surface area (Å²) in [6.45, 7) is 0. The third kappa shape index (κ3) is 3.14. The SMILES string of the molecule is O=C(O)CC1(NC(=O)C2SCCc3ccccc32)CCCC1. The summed E-state index contributed by atoms with van der Waals surface area (Å²) in [6.07, 6.45) is 4.53. The van der Waals surface area contributed by atoms with Crippen LogP contribution in [0.4, 0.5) is 0 Å². The Morgan fingerprint density at radius 3 is 2.73 bits per heavy atom. The number of carboxylic acids is 1. The van der Waals surface area contributed by atoms with Crippen LogP contribution < -0.4 is 5.32 Å². The molecular weight excluding hydrogens is 298 g/mol. The average Bonchev–Trinajstić information content (AvgIpc) is 2.93. The van der Waals surface area contributed by atoms with Crippen LogP contribution in [0.3, 0.4) is 0 Å². The highest BCUT2D eigenvalue weighted by Gasteiger charge is 2.39. The van der Waals surface area contributed by atoms with Gasteiger partial charge in [-0.1, -0.05) is 37.1 Å². The number of hydrogen-bond acceptors (Lipinski definition) is 3. The van der Waals surface area contributed by atoms with Crippen LogP contribution in [0.5, 0.6) is 0 Å². The monoisotopic (exact) mass is 319 g/mol. The van der Waals surface area contributed by atoms with Crippen molar-refractivity contribution < 1.29 is 14.7 Å².